The lowest BCUT2D eigenvalue weighted by atomic mass is 10.1. The van der Waals surface area contributed by atoms with Gasteiger partial charge in [-0.2, -0.15) is 8.78 Å². The topological polar surface area (TPSA) is 85.4 Å². The Hall–Kier alpha value is -2.14. The molecule has 1 aromatic carbocycles. The quantitative estimate of drug-likeness (QED) is 0.589. The minimum Gasteiger partial charge on any atom is -0.493 e. The van der Waals surface area contributed by atoms with E-state index in [2.05, 4.69) is 25.6 Å². The summed E-state index contributed by atoms with van der Waals surface area (Å²) in [5, 5.41) is 14.2. The van der Waals surface area contributed by atoms with E-state index in [0.717, 1.165) is 5.56 Å². The molecule has 26 heavy (non-hydrogen) atoms. The molecule has 2 aromatic rings. The molecule has 1 heterocycles. The van der Waals surface area contributed by atoms with Crippen molar-refractivity contribution in [2.75, 3.05) is 31.8 Å². The molecule has 0 aliphatic carbocycles. The molecule has 7 nitrogen and oxygen atoms in total. The van der Waals surface area contributed by atoms with Crippen molar-refractivity contribution in [2.45, 2.75) is 17.4 Å². The Morgan fingerprint density at radius 3 is 2.81 bits per heavy atom. The van der Waals surface area contributed by atoms with Crippen molar-refractivity contribution in [3.63, 3.8) is 0 Å². The first kappa shape index (κ1) is 20.2. The highest BCUT2D eigenvalue weighted by Gasteiger charge is 2.11. The van der Waals surface area contributed by atoms with Crippen LogP contribution in [0.3, 0.4) is 0 Å². The van der Waals surface area contributed by atoms with E-state index in [9.17, 15) is 13.6 Å². The molecule has 0 aliphatic rings. The Kier molecular flexibility index (Phi) is 7.85. The molecule has 0 atom stereocenters. The molecule has 1 amide bonds. The number of halogens is 2. The Labute approximate surface area is 157 Å². The third kappa shape index (κ3) is 6.30. The Balaban J connectivity index is 1.76. The molecular formula is C15H18F2N4O3S2. The molecule has 11 heteroatoms. The van der Waals surface area contributed by atoms with Crippen LogP contribution >= 0.6 is 23.1 Å². The number of hydrogen-bond acceptors (Lipinski definition) is 8. The van der Waals surface area contributed by atoms with Crippen molar-refractivity contribution < 1.29 is 23.0 Å². The second-order valence-electron chi connectivity index (χ2n) is 4.88. The van der Waals surface area contributed by atoms with Gasteiger partial charge >= 0.3 is 6.61 Å². The number of nitrogens with one attached hydrogen (secondary N) is 2. The molecule has 2 rings (SSSR count). The molecule has 0 radical (unpaired) electrons. The summed E-state index contributed by atoms with van der Waals surface area (Å²) in [6, 6.07) is 4.69. The van der Waals surface area contributed by atoms with E-state index in [1.165, 1.54) is 36.3 Å². The fourth-order valence-electron chi connectivity index (χ4n) is 1.95. The van der Waals surface area contributed by atoms with E-state index >= 15 is 0 Å². The molecule has 0 spiro atoms. The van der Waals surface area contributed by atoms with Gasteiger partial charge in [0.05, 0.1) is 12.9 Å². The third-order valence-corrected chi connectivity index (χ3v) is 5.20. The van der Waals surface area contributed by atoms with Crippen molar-refractivity contribution in [3.8, 4) is 11.5 Å². The van der Waals surface area contributed by atoms with Crippen molar-refractivity contribution in [1.82, 2.24) is 15.5 Å². The number of aromatic nitrogens is 2. The van der Waals surface area contributed by atoms with Gasteiger partial charge in [-0.1, -0.05) is 29.2 Å². The van der Waals surface area contributed by atoms with E-state index in [4.69, 9.17) is 4.74 Å². The molecule has 0 aliphatic heterocycles. The fourth-order valence-corrected chi connectivity index (χ4v) is 3.49. The highest BCUT2D eigenvalue weighted by molar-refractivity contribution is 8.01. The second kappa shape index (κ2) is 10.1. The summed E-state index contributed by atoms with van der Waals surface area (Å²) in [6.07, 6.45) is 0.532. The SMILES string of the molecule is CNc1nnc(SCC(=O)NCCc2ccc(OC(F)F)c(OC)c2)s1. The summed E-state index contributed by atoms with van der Waals surface area (Å²) in [7, 11) is 3.13. The Morgan fingerprint density at radius 1 is 1.35 bits per heavy atom. The van der Waals surface area contributed by atoms with Gasteiger partial charge in [0.15, 0.2) is 15.8 Å². The third-order valence-electron chi connectivity index (χ3n) is 3.13. The van der Waals surface area contributed by atoms with E-state index in [1.54, 1.807) is 19.2 Å². The number of ether oxygens (including phenoxy) is 2. The highest BCUT2D eigenvalue weighted by Crippen LogP contribution is 2.29. The molecule has 0 fully saturated rings. The maximum atomic E-state index is 12.3. The Bertz CT molecular complexity index is 731. The average molecular weight is 404 g/mol. The lowest BCUT2D eigenvalue weighted by Gasteiger charge is -2.11. The molecule has 0 saturated carbocycles. The average Bonchev–Trinajstić information content (AvgIpc) is 3.09. The van der Waals surface area contributed by atoms with Crippen molar-refractivity contribution in [2.24, 2.45) is 0 Å². The van der Waals surface area contributed by atoms with E-state index in [-0.39, 0.29) is 23.2 Å². The van der Waals surface area contributed by atoms with Crippen LogP contribution in [0.2, 0.25) is 0 Å². The van der Waals surface area contributed by atoms with Gasteiger partial charge in [0.25, 0.3) is 0 Å². The zero-order valence-electron chi connectivity index (χ0n) is 14.1. The maximum absolute atomic E-state index is 12.3. The summed E-state index contributed by atoms with van der Waals surface area (Å²) in [5.41, 5.74) is 0.833. The van der Waals surface area contributed by atoms with Gasteiger partial charge in [-0.15, -0.1) is 10.2 Å². The number of carbonyl (C=O) groups excluding carboxylic acids is 1. The first-order valence-corrected chi connectivity index (χ1v) is 9.34. The standard InChI is InChI=1S/C15H18F2N4O3S2/c1-18-14-20-21-15(26-14)25-8-12(22)19-6-5-9-3-4-10(24-13(16)17)11(7-9)23-2/h3-4,7,13H,5-6,8H2,1-2H3,(H,18,20)(H,19,22). The van der Waals surface area contributed by atoms with Crippen molar-refractivity contribution >= 4 is 34.1 Å². The predicted octanol–water partition coefficient (Wildman–Crippen LogP) is 2.64. The maximum Gasteiger partial charge on any atom is 0.387 e. The summed E-state index contributed by atoms with van der Waals surface area (Å²) in [4.78, 5) is 11.9. The first-order chi connectivity index (χ1) is 12.5. The van der Waals surface area contributed by atoms with Crippen LogP contribution in [0.4, 0.5) is 13.9 Å². The number of thioether (sulfide) groups is 1. The lowest BCUT2D eigenvalue weighted by Crippen LogP contribution is -2.27. The Morgan fingerprint density at radius 2 is 2.15 bits per heavy atom. The van der Waals surface area contributed by atoms with Crippen LogP contribution in [0.1, 0.15) is 5.56 Å². The zero-order chi connectivity index (χ0) is 18.9. The fraction of sp³-hybridized carbons (Fsp3) is 0.400. The number of benzene rings is 1. The normalized spacial score (nSPS) is 10.7. The van der Waals surface area contributed by atoms with Gasteiger partial charge in [0.2, 0.25) is 11.0 Å². The van der Waals surface area contributed by atoms with Crippen LogP contribution in [-0.2, 0) is 11.2 Å². The smallest absolute Gasteiger partial charge is 0.387 e. The van der Waals surface area contributed by atoms with Crippen LogP contribution < -0.4 is 20.1 Å². The van der Waals surface area contributed by atoms with E-state index in [0.29, 0.717) is 22.4 Å². The number of hydrogen-bond donors (Lipinski definition) is 2. The molecule has 142 valence electrons. The molecule has 0 unspecified atom stereocenters. The van der Waals surface area contributed by atoms with Gasteiger partial charge in [-0.05, 0) is 24.1 Å². The van der Waals surface area contributed by atoms with Gasteiger partial charge in [0.1, 0.15) is 0 Å². The summed E-state index contributed by atoms with van der Waals surface area (Å²) in [5.74, 6) is 0.315. The number of amides is 1. The largest absolute Gasteiger partial charge is 0.493 e. The van der Waals surface area contributed by atoms with E-state index in [1.807, 2.05) is 0 Å². The lowest BCUT2D eigenvalue weighted by molar-refractivity contribution is -0.118. The minimum absolute atomic E-state index is 0.0234. The van der Waals surface area contributed by atoms with Crippen LogP contribution in [-0.4, -0.2) is 49.2 Å². The molecule has 0 bridgehead atoms. The van der Waals surface area contributed by atoms with Crippen LogP contribution in [0.15, 0.2) is 22.5 Å². The number of carbonyl (C=O) groups is 1. The molecular weight excluding hydrogens is 386 g/mol. The summed E-state index contributed by atoms with van der Waals surface area (Å²) < 4.78 is 34.7. The number of methoxy groups -OCH3 is 1. The number of rotatable bonds is 10. The summed E-state index contributed by atoms with van der Waals surface area (Å²) in [6.45, 7) is -2.50. The second-order valence-corrected chi connectivity index (χ2v) is 7.08. The molecule has 2 N–H and O–H groups in total. The van der Waals surface area contributed by atoms with Gasteiger partial charge in [0, 0.05) is 13.6 Å². The molecule has 1 aromatic heterocycles. The van der Waals surface area contributed by atoms with Crippen molar-refractivity contribution in [1.29, 1.82) is 0 Å². The van der Waals surface area contributed by atoms with Crippen LogP contribution in [0.25, 0.3) is 0 Å². The number of anilines is 1. The predicted molar refractivity (Wildman–Crippen MR) is 96.5 cm³/mol. The monoisotopic (exact) mass is 404 g/mol. The number of alkyl halides is 2. The van der Waals surface area contributed by atoms with Crippen LogP contribution in [0, 0.1) is 0 Å². The van der Waals surface area contributed by atoms with Gasteiger partial charge in [-0.3, -0.25) is 4.79 Å². The number of nitrogens with zero attached hydrogens (tertiary/aromatic N) is 2. The summed E-state index contributed by atoms with van der Waals surface area (Å²) >= 11 is 2.69. The first-order valence-electron chi connectivity index (χ1n) is 7.54. The highest BCUT2D eigenvalue weighted by atomic mass is 32.2. The zero-order valence-corrected chi connectivity index (χ0v) is 15.8. The minimum atomic E-state index is -2.91. The van der Waals surface area contributed by atoms with Gasteiger partial charge < -0.3 is 20.1 Å². The van der Waals surface area contributed by atoms with Gasteiger partial charge in [-0.25, -0.2) is 0 Å². The van der Waals surface area contributed by atoms with E-state index < -0.39 is 6.61 Å². The molecule has 0 saturated heterocycles. The van der Waals surface area contributed by atoms with Crippen molar-refractivity contribution in [3.05, 3.63) is 23.8 Å². The van der Waals surface area contributed by atoms with Crippen LogP contribution in [0.5, 0.6) is 11.5 Å².